The number of nitrogens with zero attached hydrogens (tertiary/aromatic N) is 2. The summed E-state index contributed by atoms with van der Waals surface area (Å²) in [6, 6.07) is 5.32. The van der Waals surface area contributed by atoms with Gasteiger partial charge in [-0.3, -0.25) is 14.7 Å². The summed E-state index contributed by atoms with van der Waals surface area (Å²) >= 11 is 1.57. The molecule has 0 atom stereocenters. The van der Waals surface area contributed by atoms with Gasteiger partial charge in [0.05, 0.1) is 20.8 Å². The molecule has 2 rings (SSSR count). The van der Waals surface area contributed by atoms with Gasteiger partial charge in [-0.1, -0.05) is 24.8 Å². The number of methoxy groups -OCH3 is 2. The number of carbonyl (C=O) groups excluding carboxylic acids is 1. The van der Waals surface area contributed by atoms with Gasteiger partial charge in [0.25, 0.3) is 5.91 Å². The molecule has 0 saturated carbocycles. The van der Waals surface area contributed by atoms with Crippen molar-refractivity contribution in [2.75, 3.05) is 33.1 Å². The number of benzene rings is 1. The van der Waals surface area contributed by atoms with Crippen LogP contribution in [0.15, 0.2) is 23.2 Å². The van der Waals surface area contributed by atoms with Gasteiger partial charge in [0.1, 0.15) is 17.1 Å². The van der Waals surface area contributed by atoms with E-state index < -0.39 is 0 Å². The van der Waals surface area contributed by atoms with Gasteiger partial charge < -0.3 is 9.47 Å². The number of ether oxygens (including phenoxy) is 2. The molecule has 0 bridgehead atoms. The summed E-state index contributed by atoms with van der Waals surface area (Å²) in [6.45, 7) is 3.28. The van der Waals surface area contributed by atoms with Gasteiger partial charge in [-0.05, 0) is 17.9 Å². The monoisotopic (exact) mass is 294 g/mol. The van der Waals surface area contributed by atoms with Crippen LogP contribution in [0.1, 0.15) is 17.3 Å². The molecule has 0 fully saturated rings. The third kappa shape index (κ3) is 2.75. The SMILES string of the molecule is CCSC1=NCCN1C(=O)c1c(OC)cccc1OC. The maximum Gasteiger partial charge on any atom is 0.267 e. The van der Waals surface area contributed by atoms with E-state index in [1.165, 1.54) is 0 Å². The normalized spacial score (nSPS) is 14.2. The molecule has 1 aliphatic heterocycles. The van der Waals surface area contributed by atoms with Crippen molar-refractivity contribution in [2.24, 2.45) is 4.99 Å². The lowest BCUT2D eigenvalue weighted by Crippen LogP contribution is -2.33. The van der Waals surface area contributed by atoms with Crippen molar-refractivity contribution in [2.45, 2.75) is 6.92 Å². The van der Waals surface area contributed by atoms with Gasteiger partial charge in [-0.25, -0.2) is 0 Å². The van der Waals surface area contributed by atoms with Gasteiger partial charge in [-0.2, -0.15) is 0 Å². The third-order valence-electron chi connectivity index (χ3n) is 2.96. The molecule has 0 saturated heterocycles. The van der Waals surface area contributed by atoms with Crippen molar-refractivity contribution < 1.29 is 14.3 Å². The predicted molar refractivity (Wildman–Crippen MR) is 81.0 cm³/mol. The lowest BCUT2D eigenvalue weighted by Gasteiger charge is -2.20. The maximum atomic E-state index is 12.8. The van der Waals surface area contributed by atoms with E-state index >= 15 is 0 Å². The predicted octanol–water partition coefficient (Wildman–Crippen LogP) is 2.27. The molecule has 0 unspecified atom stereocenters. The van der Waals surface area contributed by atoms with Crippen molar-refractivity contribution in [1.82, 2.24) is 4.90 Å². The van der Waals surface area contributed by atoms with Crippen molar-refractivity contribution in [3.63, 3.8) is 0 Å². The molecule has 1 aromatic rings. The fourth-order valence-corrected chi connectivity index (χ4v) is 2.84. The molecular formula is C14H18N2O3S. The second-order valence-corrected chi connectivity index (χ2v) is 5.32. The Morgan fingerprint density at radius 1 is 1.35 bits per heavy atom. The number of hydrogen-bond acceptors (Lipinski definition) is 5. The van der Waals surface area contributed by atoms with E-state index in [4.69, 9.17) is 9.47 Å². The zero-order valence-electron chi connectivity index (χ0n) is 11.9. The first-order valence-corrected chi connectivity index (χ1v) is 7.41. The standard InChI is InChI=1S/C14H18N2O3S/c1-4-20-14-15-8-9-16(14)13(17)12-10(18-2)6-5-7-11(12)19-3/h5-7H,4,8-9H2,1-3H3. The fraction of sp³-hybridized carbons (Fsp3) is 0.429. The fourth-order valence-electron chi connectivity index (χ4n) is 2.06. The number of thioether (sulfide) groups is 1. The largest absolute Gasteiger partial charge is 0.496 e. The van der Waals surface area contributed by atoms with Gasteiger partial charge >= 0.3 is 0 Å². The molecule has 5 nitrogen and oxygen atoms in total. The van der Waals surface area contributed by atoms with Crippen LogP contribution in [0, 0.1) is 0 Å². The molecular weight excluding hydrogens is 276 g/mol. The van der Waals surface area contributed by atoms with Crippen molar-refractivity contribution in [3.8, 4) is 11.5 Å². The Morgan fingerprint density at radius 2 is 2.00 bits per heavy atom. The first-order valence-electron chi connectivity index (χ1n) is 6.43. The number of hydrogen-bond donors (Lipinski definition) is 0. The lowest BCUT2D eigenvalue weighted by molar-refractivity contribution is 0.0854. The Hall–Kier alpha value is -1.69. The van der Waals surface area contributed by atoms with Crippen LogP contribution in [-0.2, 0) is 0 Å². The van der Waals surface area contributed by atoms with Crippen molar-refractivity contribution in [1.29, 1.82) is 0 Å². The molecule has 1 aromatic carbocycles. The van der Waals surface area contributed by atoms with Crippen molar-refractivity contribution in [3.05, 3.63) is 23.8 Å². The summed E-state index contributed by atoms with van der Waals surface area (Å²) < 4.78 is 10.6. The highest BCUT2D eigenvalue weighted by atomic mass is 32.2. The highest BCUT2D eigenvalue weighted by Gasteiger charge is 2.29. The molecule has 0 radical (unpaired) electrons. The number of carbonyl (C=O) groups is 1. The first-order chi connectivity index (χ1) is 9.72. The summed E-state index contributed by atoms with van der Waals surface area (Å²) in [5.41, 5.74) is 0.448. The van der Waals surface area contributed by atoms with E-state index in [1.54, 1.807) is 49.1 Å². The zero-order valence-corrected chi connectivity index (χ0v) is 12.7. The van der Waals surface area contributed by atoms with Gasteiger partial charge in [0.2, 0.25) is 0 Å². The molecule has 0 aromatic heterocycles. The van der Waals surface area contributed by atoms with Crippen LogP contribution in [0.25, 0.3) is 0 Å². The van der Waals surface area contributed by atoms with Crippen LogP contribution in [-0.4, -0.2) is 49.0 Å². The topological polar surface area (TPSA) is 51.1 Å². The molecule has 108 valence electrons. The highest BCUT2D eigenvalue weighted by Crippen LogP contribution is 2.31. The maximum absolute atomic E-state index is 12.8. The number of rotatable bonds is 4. The summed E-state index contributed by atoms with van der Waals surface area (Å²) in [5.74, 6) is 1.78. The minimum Gasteiger partial charge on any atom is -0.496 e. The Morgan fingerprint density at radius 3 is 2.55 bits per heavy atom. The molecule has 0 spiro atoms. The second kappa shape index (κ2) is 6.65. The van der Waals surface area contributed by atoms with Gasteiger partial charge in [-0.15, -0.1) is 0 Å². The van der Waals surface area contributed by atoms with Crippen LogP contribution in [0.4, 0.5) is 0 Å². The molecule has 6 heteroatoms. The number of amidine groups is 1. The molecule has 0 N–H and O–H groups in total. The van der Waals surface area contributed by atoms with Crippen LogP contribution in [0.2, 0.25) is 0 Å². The van der Waals surface area contributed by atoms with Crippen LogP contribution >= 0.6 is 11.8 Å². The third-order valence-corrected chi connectivity index (χ3v) is 3.86. The van der Waals surface area contributed by atoms with Crippen LogP contribution < -0.4 is 9.47 Å². The Balaban J connectivity index is 2.36. The zero-order chi connectivity index (χ0) is 14.5. The molecule has 1 aliphatic rings. The Bertz CT molecular complexity index is 509. The van der Waals surface area contributed by atoms with E-state index in [0.29, 0.717) is 30.2 Å². The quantitative estimate of drug-likeness (QED) is 0.855. The molecule has 1 heterocycles. The average Bonchev–Trinajstić information content (AvgIpc) is 2.94. The van der Waals surface area contributed by atoms with Gasteiger partial charge in [0.15, 0.2) is 5.17 Å². The number of amides is 1. The summed E-state index contributed by atoms with van der Waals surface area (Å²) in [5, 5.41) is 0.769. The smallest absolute Gasteiger partial charge is 0.267 e. The van der Waals surface area contributed by atoms with E-state index in [0.717, 1.165) is 10.9 Å². The first kappa shape index (κ1) is 14.7. The number of aliphatic imine (C=N–C) groups is 1. The summed E-state index contributed by atoms with van der Waals surface area (Å²) in [4.78, 5) is 18.8. The van der Waals surface area contributed by atoms with Crippen molar-refractivity contribution >= 4 is 22.8 Å². The second-order valence-electron chi connectivity index (χ2n) is 4.09. The van der Waals surface area contributed by atoms with E-state index in [-0.39, 0.29) is 5.91 Å². The average molecular weight is 294 g/mol. The van der Waals surface area contributed by atoms with Gasteiger partial charge in [0, 0.05) is 6.54 Å². The minimum atomic E-state index is -0.128. The molecule has 1 amide bonds. The van der Waals surface area contributed by atoms with E-state index in [9.17, 15) is 4.79 Å². The summed E-state index contributed by atoms with van der Waals surface area (Å²) in [6.07, 6.45) is 0. The summed E-state index contributed by atoms with van der Waals surface area (Å²) in [7, 11) is 3.09. The Kier molecular flexibility index (Phi) is 4.89. The van der Waals surface area contributed by atoms with E-state index in [2.05, 4.69) is 4.99 Å². The minimum absolute atomic E-state index is 0.128. The highest BCUT2D eigenvalue weighted by molar-refractivity contribution is 8.13. The van der Waals surface area contributed by atoms with Crippen LogP contribution in [0.3, 0.4) is 0 Å². The Labute approximate surface area is 123 Å². The lowest BCUT2D eigenvalue weighted by atomic mass is 10.1. The van der Waals surface area contributed by atoms with E-state index in [1.807, 2.05) is 6.92 Å². The molecule has 20 heavy (non-hydrogen) atoms. The molecule has 0 aliphatic carbocycles. The van der Waals surface area contributed by atoms with Crippen LogP contribution in [0.5, 0.6) is 11.5 Å².